The molecule has 4 nitrogen and oxygen atoms in total. The topological polar surface area (TPSA) is 37.3 Å². The van der Waals surface area contributed by atoms with E-state index in [2.05, 4.69) is 59.1 Å². The van der Waals surface area contributed by atoms with Gasteiger partial charge >= 0.3 is 0 Å². The molecule has 1 aliphatic heterocycles. The van der Waals surface area contributed by atoms with Crippen molar-refractivity contribution >= 4 is 16.8 Å². The van der Waals surface area contributed by atoms with E-state index in [1.807, 2.05) is 0 Å². The highest BCUT2D eigenvalue weighted by molar-refractivity contribution is 5.84. The molecule has 2 heterocycles. The van der Waals surface area contributed by atoms with Crippen molar-refractivity contribution in [3.8, 4) is 0 Å². The molecule has 0 radical (unpaired) electrons. The Balaban J connectivity index is 1.65. The van der Waals surface area contributed by atoms with Crippen molar-refractivity contribution in [1.29, 1.82) is 0 Å². The third kappa shape index (κ3) is 3.77. The molecule has 2 atom stereocenters. The van der Waals surface area contributed by atoms with Crippen LogP contribution in [0.3, 0.4) is 0 Å². The monoisotopic (exact) mass is 367 g/mol. The van der Waals surface area contributed by atoms with Crippen LogP contribution in [0.4, 0.5) is 0 Å². The number of hydrogen-bond donors (Lipinski definition) is 1. The zero-order valence-electron chi connectivity index (χ0n) is 16.8. The summed E-state index contributed by atoms with van der Waals surface area (Å²) in [4.78, 5) is 15.3. The quantitative estimate of drug-likeness (QED) is 0.868. The molecule has 146 valence electrons. The predicted molar refractivity (Wildman–Crippen MR) is 111 cm³/mol. The summed E-state index contributed by atoms with van der Waals surface area (Å²) < 4.78 is 2.39. The molecule has 1 aromatic heterocycles. The van der Waals surface area contributed by atoms with Crippen LogP contribution in [-0.4, -0.2) is 34.5 Å². The van der Waals surface area contributed by atoms with Gasteiger partial charge < -0.3 is 9.88 Å². The van der Waals surface area contributed by atoms with E-state index >= 15 is 0 Å². The smallest absolute Gasteiger partial charge is 0.224 e. The molecular weight excluding hydrogens is 334 g/mol. The third-order valence-corrected chi connectivity index (χ3v) is 6.46. The van der Waals surface area contributed by atoms with Gasteiger partial charge in [0.2, 0.25) is 5.91 Å². The average molecular weight is 368 g/mol. The van der Waals surface area contributed by atoms with Crippen LogP contribution in [0.15, 0.2) is 30.5 Å². The molecule has 2 fully saturated rings. The lowest BCUT2D eigenvalue weighted by atomic mass is 9.98. The Bertz CT molecular complexity index is 794. The van der Waals surface area contributed by atoms with Gasteiger partial charge in [0.05, 0.1) is 5.92 Å². The summed E-state index contributed by atoms with van der Waals surface area (Å²) in [6.45, 7) is 7.41. The number of carbonyl (C=O) groups is 1. The SMILES string of the molecule is CC(C)n1cc(CN2CCCCCNC(=O)[C@@H]3CCC[C@@H]32)c2ccccc21. The zero-order chi connectivity index (χ0) is 18.8. The number of fused-ring (bicyclic) bond motifs is 2. The Morgan fingerprint density at radius 2 is 1.96 bits per heavy atom. The van der Waals surface area contributed by atoms with Crippen LogP contribution < -0.4 is 5.32 Å². The maximum Gasteiger partial charge on any atom is 0.224 e. The molecular formula is C23H33N3O. The number of hydrogen-bond acceptors (Lipinski definition) is 2. The number of benzene rings is 1. The number of rotatable bonds is 3. The van der Waals surface area contributed by atoms with E-state index in [4.69, 9.17) is 0 Å². The van der Waals surface area contributed by atoms with Crippen molar-refractivity contribution in [3.05, 3.63) is 36.0 Å². The molecule has 1 amide bonds. The second-order valence-electron chi connectivity index (χ2n) is 8.60. The van der Waals surface area contributed by atoms with Crippen LogP contribution in [0.1, 0.15) is 64.0 Å². The van der Waals surface area contributed by atoms with Crippen molar-refractivity contribution in [1.82, 2.24) is 14.8 Å². The summed E-state index contributed by atoms with van der Waals surface area (Å²) in [7, 11) is 0. The van der Waals surface area contributed by atoms with Crippen LogP contribution in [0.25, 0.3) is 10.9 Å². The highest BCUT2D eigenvalue weighted by atomic mass is 16.1. The van der Waals surface area contributed by atoms with Crippen molar-refractivity contribution in [2.45, 2.75) is 71.0 Å². The van der Waals surface area contributed by atoms with E-state index in [9.17, 15) is 4.79 Å². The van der Waals surface area contributed by atoms with Gasteiger partial charge in [-0.15, -0.1) is 0 Å². The molecule has 4 rings (SSSR count). The molecule has 4 heteroatoms. The van der Waals surface area contributed by atoms with Crippen LogP contribution in [0.2, 0.25) is 0 Å². The summed E-state index contributed by atoms with van der Waals surface area (Å²) in [5.41, 5.74) is 2.73. The van der Waals surface area contributed by atoms with Crippen molar-refractivity contribution in [3.63, 3.8) is 0 Å². The summed E-state index contributed by atoms with van der Waals surface area (Å²) in [6, 6.07) is 9.60. The first-order valence-electron chi connectivity index (χ1n) is 10.8. The second-order valence-corrected chi connectivity index (χ2v) is 8.60. The first-order valence-corrected chi connectivity index (χ1v) is 10.8. The summed E-state index contributed by atoms with van der Waals surface area (Å²) in [5, 5.41) is 4.55. The lowest BCUT2D eigenvalue weighted by molar-refractivity contribution is -0.126. The minimum Gasteiger partial charge on any atom is -0.356 e. The van der Waals surface area contributed by atoms with Crippen molar-refractivity contribution in [2.24, 2.45) is 5.92 Å². The van der Waals surface area contributed by atoms with Gasteiger partial charge in [-0.05, 0) is 57.7 Å². The molecule has 1 N–H and O–H groups in total. The van der Waals surface area contributed by atoms with E-state index in [1.54, 1.807) is 0 Å². The van der Waals surface area contributed by atoms with Gasteiger partial charge in [-0.3, -0.25) is 9.69 Å². The first kappa shape index (κ1) is 18.5. The molecule has 0 bridgehead atoms. The molecule has 2 aromatic rings. The molecule has 27 heavy (non-hydrogen) atoms. The minimum absolute atomic E-state index is 0.168. The number of amides is 1. The highest BCUT2D eigenvalue weighted by Gasteiger charge is 2.37. The molecule has 1 saturated carbocycles. The largest absolute Gasteiger partial charge is 0.356 e. The van der Waals surface area contributed by atoms with Gasteiger partial charge in [-0.1, -0.05) is 31.0 Å². The normalized spacial score (nSPS) is 24.9. The van der Waals surface area contributed by atoms with Gasteiger partial charge in [-0.2, -0.15) is 0 Å². The van der Waals surface area contributed by atoms with Crippen molar-refractivity contribution in [2.75, 3.05) is 13.1 Å². The molecule has 1 aliphatic carbocycles. The lowest BCUT2D eigenvalue weighted by Crippen LogP contribution is -2.45. The second kappa shape index (κ2) is 8.05. The molecule has 0 spiro atoms. The summed E-state index contributed by atoms with van der Waals surface area (Å²) in [6.07, 6.45) is 9.24. The Labute approximate surface area is 162 Å². The Morgan fingerprint density at radius 3 is 2.81 bits per heavy atom. The summed E-state index contributed by atoms with van der Waals surface area (Å²) >= 11 is 0. The van der Waals surface area contributed by atoms with Crippen LogP contribution in [0, 0.1) is 5.92 Å². The highest BCUT2D eigenvalue weighted by Crippen LogP contribution is 2.33. The van der Waals surface area contributed by atoms with Crippen LogP contribution in [-0.2, 0) is 11.3 Å². The molecule has 2 aliphatic rings. The van der Waals surface area contributed by atoms with E-state index in [1.165, 1.54) is 35.7 Å². The van der Waals surface area contributed by atoms with E-state index in [0.29, 0.717) is 12.1 Å². The van der Waals surface area contributed by atoms with E-state index < -0.39 is 0 Å². The van der Waals surface area contributed by atoms with Crippen LogP contribution >= 0.6 is 0 Å². The van der Waals surface area contributed by atoms with Crippen LogP contribution in [0.5, 0.6) is 0 Å². The van der Waals surface area contributed by atoms with E-state index in [-0.39, 0.29) is 11.8 Å². The fourth-order valence-electron chi connectivity index (χ4n) is 5.05. The number of nitrogens with one attached hydrogen (secondary N) is 1. The van der Waals surface area contributed by atoms with Gasteiger partial charge in [0.25, 0.3) is 0 Å². The fraction of sp³-hybridized carbons (Fsp3) is 0.609. The number of nitrogens with zero attached hydrogens (tertiary/aromatic N) is 2. The molecule has 1 saturated heterocycles. The van der Waals surface area contributed by atoms with Gasteiger partial charge in [0.15, 0.2) is 0 Å². The van der Waals surface area contributed by atoms with Crippen molar-refractivity contribution < 1.29 is 4.79 Å². The molecule has 0 unspecified atom stereocenters. The zero-order valence-corrected chi connectivity index (χ0v) is 16.8. The fourth-order valence-corrected chi connectivity index (χ4v) is 5.05. The number of aromatic nitrogens is 1. The predicted octanol–water partition coefficient (Wildman–Crippen LogP) is 4.49. The standard InChI is InChI=1S/C23H33N3O/c1-17(2)26-16-18(19-9-4-5-11-22(19)26)15-25-14-7-3-6-13-24-23(27)20-10-8-12-21(20)25/h4-5,9,11,16-17,20-21H,3,6-8,10,12-15H2,1-2H3,(H,24,27)/t20-,21+/m1/s1. The maximum absolute atomic E-state index is 12.7. The number of carbonyl (C=O) groups excluding carboxylic acids is 1. The van der Waals surface area contributed by atoms with E-state index in [0.717, 1.165) is 38.9 Å². The lowest BCUT2D eigenvalue weighted by Gasteiger charge is -2.33. The Kier molecular flexibility index (Phi) is 5.53. The summed E-state index contributed by atoms with van der Waals surface area (Å²) in [5.74, 6) is 0.454. The van der Waals surface area contributed by atoms with Gasteiger partial charge in [-0.25, -0.2) is 0 Å². The first-order chi connectivity index (χ1) is 13.1. The van der Waals surface area contributed by atoms with Gasteiger partial charge in [0, 0.05) is 42.3 Å². The number of para-hydroxylation sites is 1. The molecule has 1 aromatic carbocycles. The average Bonchev–Trinajstić information content (AvgIpc) is 3.28. The third-order valence-electron chi connectivity index (χ3n) is 6.46. The Morgan fingerprint density at radius 1 is 1.11 bits per heavy atom. The maximum atomic E-state index is 12.7. The van der Waals surface area contributed by atoms with Gasteiger partial charge in [0.1, 0.15) is 0 Å². The Hall–Kier alpha value is -1.81. The minimum atomic E-state index is 0.168.